The Morgan fingerprint density at radius 3 is 2.95 bits per heavy atom. The van der Waals surface area contributed by atoms with E-state index in [9.17, 15) is 9.18 Å². The summed E-state index contributed by atoms with van der Waals surface area (Å²) in [5.41, 5.74) is 1.84. The summed E-state index contributed by atoms with van der Waals surface area (Å²) in [6, 6.07) is 12.3. The minimum Gasteiger partial charge on any atom is -0.301 e. The summed E-state index contributed by atoms with van der Waals surface area (Å²) >= 11 is 2.76. The molecule has 112 valence electrons. The molecule has 0 atom stereocenters. The molecule has 3 aromatic rings. The fourth-order valence-electron chi connectivity index (χ4n) is 1.97. The molecule has 0 fully saturated rings. The summed E-state index contributed by atoms with van der Waals surface area (Å²) in [5, 5.41) is 3.26. The van der Waals surface area contributed by atoms with Crippen LogP contribution in [-0.2, 0) is 4.79 Å². The molecule has 0 radical (unpaired) electrons. The van der Waals surface area contributed by atoms with E-state index in [-0.39, 0.29) is 11.7 Å². The average Bonchev–Trinajstić information content (AvgIpc) is 2.87. The highest BCUT2D eigenvalue weighted by Gasteiger charge is 2.09. The van der Waals surface area contributed by atoms with Crippen LogP contribution in [0.2, 0.25) is 0 Å². The second-order valence-electron chi connectivity index (χ2n) is 4.73. The summed E-state index contributed by atoms with van der Waals surface area (Å²) in [7, 11) is 0. The minimum absolute atomic E-state index is 0.118. The highest BCUT2D eigenvalue weighted by Crippen LogP contribution is 2.27. The topological polar surface area (TPSA) is 42.0 Å². The first kappa shape index (κ1) is 15.0. The van der Waals surface area contributed by atoms with Gasteiger partial charge in [-0.15, -0.1) is 11.8 Å². The van der Waals surface area contributed by atoms with Crippen LogP contribution in [0.4, 0.5) is 9.52 Å². The molecular formula is C16H13FN2OS2. The molecule has 1 heterocycles. The number of hydrogen-bond acceptors (Lipinski definition) is 4. The predicted octanol–water partition coefficient (Wildman–Crippen LogP) is 4.47. The lowest BCUT2D eigenvalue weighted by atomic mass is 10.2. The molecular weight excluding hydrogens is 319 g/mol. The molecule has 0 bridgehead atoms. The molecule has 0 aliphatic rings. The van der Waals surface area contributed by atoms with Crippen LogP contribution in [-0.4, -0.2) is 16.6 Å². The monoisotopic (exact) mass is 332 g/mol. The number of aromatic nitrogens is 1. The van der Waals surface area contributed by atoms with Crippen LogP contribution >= 0.6 is 23.1 Å². The quantitative estimate of drug-likeness (QED) is 0.717. The van der Waals surface area contributed by atoms with E-state index in [0.29, 0.717) is 16.4 Å². The van der Waals surface area contributed by atoms with Crippen LogP contribution < -0.4 is 5.32 Å². The minimum atomic E-state index is -0.302. The number of carbonyl (C=O) groups excluding carboxylic acids is 1. The highest BCUT2D eigenvalue weighted by molar-refractivity contribution is 8.00. The maximum absolute atomic E-state index is 13.1. The molecule has 2 aromatic carbocycles. The standard InChI is InChI=1S/C16H13FN2OS2/c1-10-4-2-3-5-13(10)21-9-15(20)19-16-18-12-7-6-11(17)8-14(12)22-16/h2-8H,9H2,1H3,(H,18,19,20). The van der Waals surface area contributed by atoms with Crippen molar-refractivity contribution in [3.05, 3.63) is 53.8 Å². The molecule has 0 aliphatic heterocycles. The van der Waals surface area contributed by atoms with Gasteiger partial charge in [0.2, 0.25) is 5.91 Å². The number of carbonyl (C=O) groups is 1. The zero-order valence-corrected chi connectivity index (χ0v) is 13.4. The molecule has 6 heteroatoms. The van der Waals surface area contributed by atoms with Gasteiger partial charge >= 0.3 is 0 Å². The van der Waals surface area contributed by atoms with E-state index in [2.05, 4.69) is 10.3 Å². The molecule has 3 rings (SSSR count). The van der Waals surface area contributed by atoms with Gasteiger partial charge in [-0.25, -0.2) is 9.37 Å². The largest absolute Gasteiger partial charge is 0.301 e. The Labute approximate surface area is 135 Å². The Kier molecular flexibility index (Phi) is 4.40. The van der Waals surface area contributed by atoms with Crippen molar-refractivity contribution in [2.24, 2.45) is 0 Å². The number of nitrogens with zero attached hydrogens (tertiary/aromatic N) is 1. The maximum atomic E-state index is 13.1. The molecule has 0 saturated carbocycles. The Hall–Kier alpha value is -1.92. The normalized spacial score (nSPS) is 10.8. The van der Waals surface area contributed by atoms with Gasteiger partial charge < -0.3 is 5.32 Å². The van der Waals surface area contributed by atoms with Crippen LogP contribution in [0.3, 0.4) is 0 Å². The van der Waals surface area contributed by atoms with Crippen LogP contribution in [0.1, 0.15) is 5.56 Å². The van der Waals surface area contributed by atoms with Gasteiger partial charge in [-0.3, -0.25) is 4.79 Å². The first-order valence-electron chi connectivity index (χ1n) is 6.66. The Balaban J connectivity index is 1.64. The van der Waals surface area contributed by atoms with Gasteiger partial charge in [0.1, 0.15) is 5.82 Å². The third kappa shape index (κ3) is 3.45. The van der Waals surface area contributed by atoms with Crippen molar-refractivity contribution in [3.63, 3.8) is 0 Å². The number of aryl methyl sites for hydroxylation is 1. The molecule has 0 saturated heterocycles. The average molecular weight is 332 g/mol. The van der Waals surface area contributed by atoms with Gasteiger partial charge in [0.25, 0.3) is 0 Å². The van der Waals surface area contributed by atoms with Crippen molar-refractivity contribution in [2.45, 2.75) is 11.8 Å². The molecule has 1 amide bonds. The van der Waals surface area contributed by atoms with Crippen molar-refractivity contribution in [1.29, 1.82) is 0 Å². The Bertz CT molecular complexity index is 832. The van der Waals surface area contributed by atoms with E-state index < -0.39 is 0 Å². The number of rotatable bonds is 4. The van der Waals surface area contributed by atoms with E-state index in [4.69, 9.17) is 0 Å². The van der Waals surface area contributed by atoms with E-state index in [1.54, 1.807) is 6.07 Å². The van der Waals surface area contributed by atoms with Crippen LogP contribution in [0.25, 0.3) is 10.2 Å². The summed E-state index contributed by atoms with van der Waals surface area (Å²) in [6.45, 7) is 2.02. The van der Waals surface area contributed by atoms with Crippen molar-refractivity contribution in [2.75, 3.05) is 11.1 Å². The van der Waals surface area contributed by atoms with Crippen LogP contribution in [0.15, 0.2) is 47.4 Å². The van der Waals surface area contributed by atoms with Gasteiger partial charge in [-0.05, 0) is 36.8 Å². The van der Waals surface area contributed by atoms with Crippen molar-refractivity contribution in [1.82, 2.24) is 4.98 Å². The first-order chi connectivity index (χ1) is 10.6. The Morgan fingerprint density at radius 2 is 2.14 bits per heavy atom. The summed E-state index contributed by atoms with van der Waals surface area (Å²) in [4.78, 5) is 17.4. The molecule has 0 spiro atoms. The fourth-order valence-corrected chi connectivity index (χ4v) is 3.71. The molecule has 1 aromatic heterocycles. The van der Waals surface area contributed by atoms with Crippen molar-refractivity contribution < 1.29 is 9.18 Å². The van der Waals surface area contributed by atoms with E-state index in [1.165, 1.54) is 35.2 Å². The zero-order valence-electron chi connectivity index (χ0n) is 11.8. The second kappa shape index (κ2) is 6.46. The lowest BCUT2D eigenvalue weighted by Crippen LogP contribution is -2.13. The number of benzene rings is 2. The number of nitrogens with one attached hydrogen (secondary N) is 1. The number of thioether (sulfide) groups is 1. The number of anilines is 1. The van der Waals surface area contributed by atoms with Gasteiger partial charge in [0.05, 0.1) is 16.0 Å². The van der Waals surface area contributed by atoms with E-state index in [1.807, 2.05) is 31.2 Å². The van der Waals surface area contributed by atoms with Gasteiger partial charge in [-0.1, -0.05) is 29.5 Å². The summed E-state index contributed by atoms with van der Waals surface area (Å²) in [5.74, 6) is -0.105. The molecule has 22 heavy (non-hydrogen) atoms. The van der Waals surface area contributed by atoms with Crippen molar-refractivity contribution >= 4 is 44.4 Å². The lowest BCUT2D eigenvalue weighted by molar-refractivity contribution is -0.113. The van der Waals surface area contributed by atoms with E-state index in [0.717, 1.165) is 15.2 Å². The molecule has 3 nitrogen and oxygen atoms in total. The molecule has 0 aliphatic carbocycles. The zero-order chi connectivity index (χ0) is 15.5. The second-order valence-corrected chi connectivity index (χ2v) is 6.78. The summed E-state index contributed by atoms with van der Waals surface area (Å²) < 4.78 is 13.9. The number of halogens is 1. The lowest BCUT2D eigenvalue weighted by Gasteiger charge is -2.04. The number of fused-ring (bicyclic) bond motifs is 1. The number of hydrogen-bond donors (Lipinski definition) is 1. The van der Waals surface area contributed by atoms with Gasteiger partial charge in [0, 0.05) is 4.90 Å². The SMILES string of the molecule is Cc1ccccc1SCC(=O)Nc1nc2ccc(F)cc2s1. The Morgan fingerprint density at radius 1 is 1.32 bits per heavy atom. The van der Waals surface area contributed by atoms with Crippen LogP contribution in [0, 0.1) is 12.7 Å². The highest BCUT2D eigenvalue weighted by atomic mass is 32.2. The predicted molar refractivity (Wildman–Crippen MR) is 90.1 cm³/mol. The maximum Gasteiger partial charge on any atom is 0.236 e. The number of thiazole rings is 1. The van der Waals surface area contributed by atoms with Crippen molar-refractivity contribution in [3.8, 4) is 0 Å². The molecule has 1 N–H and O–H groups in total. The van der Waals surface area contributed by atoms with E-state index >= 15 is 0 Å². The van der Waals surface area contributed by atoms with Crippen LogP contribution in [0.5, 0.6) is 0 Å². The first-order valence-corrected chi connectivity index (χ1v) is 8.46. The van der Waals surface area contributed by atoms with Gasteiger partial charge in [-0.2, -0.15) is 0 Å². The number of amides is 1. The smallest absolute Gasteiger partial charge is 0.236 e. The third-order valence-corrected chi connectivity index (χ3v) is 5.16. The third-order valence-electron chi connectivity index (χ3n) is 3.05. The summed E-state index contributed by atoms with van der Waals surface area (Å²) in [6.07, 6.45) is 0. The fraction of sp³-hybridized carbons (Fsp3) is 0.125. The van der Waals surface area contributed by atoms with Gasteiger partial charge in [0.15, 0.2) is 5.13 Å². The molecule has 0 unspecified atom stereocenters.